The van der Waals surface area contributed by atoms with E-state index in [0.29, 0.717) is 0 Å². The zero-order valence-corrected chi connectivity index (χ0v) is 17.5. The van der Waals surface area contributed by atoms with Gasteiger partial charge in [-0.1, -0.05) is 30.3 Å². The predicted octanol–water partition coefficient (Wildman–Crippen LogP) is 4.39. The van der Waals surface area contributed by atoms with Crippen molar-refractivity contribution in [2.45, 2.75) is 19.4 Å². The lowest BCUT2D eigenvalue weighted by Crippen LogP contribution is -2.10. The molecule has 0 aliphatic rings. The Morgan fingerprint density at radius 3 is 2.47 bits per heavy atom. The highest BCUT2D eigenvalue weighted by atomic mass is 19.1. The number of ether oxygens (including phenoxy) is 1. The van der Waals surface area contributed by atoms with E-state index in [-0.39, 0.29) is 11.6 Å². The molecule has 5 nitrogen and oxygen atoms in total. The van der Waals surface area contributed by atoms with Crippen LogP contribution in [0.4, 0.5) is 4.39 Å². The highest BCUT2D eigenvalue weighted by Crippen LogP contribution is 2.26. The summed E-state index contributed by atoms with van der Waals surface area (Å²) in [4.78, 5) is 2.15. The lowest BCUT2D eigenvalue weighted by atomic mass is 10.0. The number of hydrogen-bond acceptors (Lipinski definition) is 4. The molecule has 154 valence electrons. The first-order chi connectivity index (χ1) is 14.5. The molecule has 0 radical (unpaired) electrons. The molecule has 2 aromatic carbocycles. The van der Waals surface area contributed by atoms with Gasteiger partial charge in [0.15, 0.2) is 17.2 Å². The smallest absolute Gasteiger partial charge is 0.168 e. The van der Waals surface area contributed by atoms with E-state index < -0.39 is 0 Å². The standard InChI is InChI=1S/C24H25FN4O/c1-28(2)15-18-4-8-19(9-5-18)21-12-11-20(29-16-26-27-24(21)29)10-6-17-7-13-22(25)23(14-17)30-3/h4-5,7-9,11-14,16H,6,10,15H2,1-3H3. The van der Waals surface area contributed by atoms with E-state index in [0.717, 1.165) is 47.4 Å². The maximum absolute atomic E-state index is 13.6. The normalized spacial score (nSPS) is 11.4. The van der Waals surface area contributed by atoms with E-state index in [2.05, 4.69) is 65.6 Å². The van der Waals surface area contributed by atoms with E-state index in [9.17, 15) is 4.39 Å². The second kappa shape index (κ2) is 8.63. The minimum Gasteiger partial charge on any atom is -0.494 e. The van der Waals surface area contributed by atoms with Crippen molar-refractivity contribution < 1.29 is 9.13 Å². The summed E-state index contributed by atoms with van der Waals surface area (Å²) in [7, 11) is 5.61. The molecule has 0 bridgehead atoms. The molecule has 0 amide bonds. The zero-order chi connectivity index (χ0) is 21.1. The Morgan fingerprint density at radius 2 is 1.73 bits per heavy atom. The molecule has 0 N–H and O–H groups in total. The number of hydrogen-bond donors (Lipinski definition) is 0. The molecular formula is C24H25FN4O. The van der Waals surface area contributed by atoms with Gasteiger partial charge in [0.2, 0.25) is 0 Å². The van der Waals surface area contributed by atoms with E-state index in [1.54, 1.807) is 18.5 Å². The largest absolute Gasteiger partial charge is 0.494 e. The number of methoxy groups -OCH3 is 1. The molecule has 4 rings (SSSR count). The Morgan fingerprint density at radius 1 is 0.967 bits per heavy atom. The van der Waals surface area contributed by atoms with Crippen LogP contribution < -0.4 is 4.74 Å². The van der Waals surface area contributed by atoms with Crippen LogP contribution in [0.15, 0.2) is 60.9 Å². The van der Waals surface area contributed by atoms with Crippen LogP contribution in [0.3, 0.4) is 0 Å². The molecular weight excluding hydrogens is 379 g/mol. The van der Waals surface area contributed by atoms with Gasteiger partial charge in [-0.15, -0.1) is 10.2 Å². The molecule has 0 saturated heterocycles. The molecule has 0 saturated carbocycles. The zero-order valence-electron chi connectivity index (χ0n) is 17.5. The summed E-state index contributed by atoms with van der Waals surface area (Å²) in [6.45, 7) is 0.910. The van der Waals surface area contributed by atoms with Crippen molar-refractivity contribution in [2.75, 3.05) is 21.2 Å². The number of pyridine rings is 1. The maximum Gasteiger partial charge on any atom is 0.168 e. The summed E-state index contributed by atoms with van der Waals surface area (Å²) < 4.78 is 20.8. The fourth-order valence-corrected chi connectivity index (χ4v) is 3.68. The number of nitrogens with zero attached hydrogens (tertiary/aromatic N) is 4. The average Bonchev–Trinajstić information content (AvgIpc) is 3.23. The van der Waals surface area contributed by atoms with Crippen LogP contribution in [0.2, 0.25) is 0 Å². The van der Waals surface area contributed by atoms with Gasteiger partial charge >= 0.3 is 0 Å². The molecule has 0 unspecified atom stereocenters. The van der Waals surface area contributed by atoms with E-state index in [4.69, 9.17) is 4.74 Å². The van der Waals surface area contributed by atoms with Crippen LogP contribution in [0.25, 0.3) is 16.8 Å². The van der Waals surface area contributed by atoms with Crippen LogP contribution in [-0.4, -0.2) is 40.7 Å². The first-order valence-electron chi connectivity index (χ1n) is 9.93. The Labute approximate surface area is 175 Å². The summed E-state index contributed by atoms with van der Waals surface area (Å²) in [6, 6.07) is 17.8. The van der Waals surface area contributed by atoms with Crippen molar-refractivity contribution in [3.05, 3.63) is 83.6 Å². The minimum atomic E-state index is -0.344. The third kappa shape index (κ3) is 4.19. The summed E-state index contributed by atoms with van der Waals surface area (Å²) in [5, 5.41) is 8.49. The Bertz CT molecular complexity index is 1150. The van der Waals surface area contributed by atoms with Crippen molar-refractivity contribution in [2.24, 2.45) is 0 Å². The summed E-state index contributed by atoms with van der Waals surface area (Å²) in [6.07, 6.45) is 3.30. The molecule has 2 aromatic heterocycles. The second-order valence-electron chi connectivity index (χ2n) is 7.67. The lowest BCUT2D eigenvalue weighted by Gasteiger charge is -2.12. The fraction of sp³-hybridized carbons (Fsp3) is 0.250. The molecule has 2 heterocycles. The van der Waals surface area contributed by atoms with Crippen molar-refractivity contribution in [1.29, 1.82) is 0 Å². The topological polar surface area (TPSA) is 42.7 Å². The first kappa shape index (κ1) is 20.0. The monoisotopic (exact) mass is 404 g/mol. The van der Waals surface area contributed by atoms with Crippen LogP contribution in [-0.2, 0) is 19.4 Å². The third-order valence-electron chi connectivity index (χ3n) is 5.19. The van der Waals surface area contributed by atoms with Gasteiger partial charge in [0.1, 0.15) is 6.33 Å². The van der Waals surface area contributed by atoms with Crippen molar-refractivity contribution in [3.63, 3.8) is 0 Å². The molecule has 0 aliphatic heterocycles. The van der Waals surface area contributed by atoms with Crippen LogP contribution in [0.1, 0.15) is 16.8 Å². The quantitative estimate of drug-likeness (QED) is 0.458. The van der Waals surface area contributed by atoms with Gasteiger partial charge in [0, 0.05) is 17.8 Å². The van der Waals surface area contributed by atoms with Gasteiger partial charge in [-0.05, 0) is 67.9 Å². The molecule has 6 heteroatoms. The molecule has 0 fully saturated rings. The molecule has 30 heavy (non-hydrogen) atoms. The Hall–Kier alpha value is -3.25. The highest BCUT2D eigenvalue weighted by Gasteiger charge is 2.11. The summed E-state index contributed by atoms with van der Waals surface area (Å²) >= 11 is 0. The van der Waals surface area contributed by atoms with Crippen molar-refractivity contribution in [1.82, 2.24) is 19.5 Å². The van der Waals surface area contributed by atoms with Gasteiger partial charge in [-0.25, -0.2) is 4.39 Å². The van der Waals surface area contributed by atoms with Gasteiger partial charge in [0.25, 0.3) is 0 Å². The molecule has 0 spiro atoms. The number of fused-ring (bicyclic) bond motifs is 1. The van der Waals surface area contributed by atoms with Gasteiger partial charge in [0.05, 0.1) is 7.11 Å². The number of halogens is 1. The predicted molar refractivity (Wildman–Crippen MR) is 116 cm³/mol. The summed E-state index contributed by atoms with van der Waals surface area (Å²) in [5.74, 6) is -0.0709. The van der Waals surface area contributed by atoms with Gasteiger partial charge < -0.3 is 9.64 Å². The molecule has 0 atom stereocenters. The number of rotatable bonds is 7. The highest BCUT2D eigenvalue weighted by molar-refractivity contribution is 5.77. The maximum atomic E-state index is 13.6. The summed E-state index contributed by atoms with van der Waals surface area (Å²) in [5.41, 5.74) is 6.40. The van der Waals surface area contributed by atoms with Crippen molar-refractivity contribution >= 4 is 5.65 Å². The minimum absolute atomic E-state index is 0.273. The fourth-order valence-electron chi connectivity index (χ4n) is 3.68. The van der Waals surface area contributed by atoms with E-state index in [1.807, 2.05) is 4.40 Å². The number of aromatic nitrogens is 3. The van der Waals surface area contributed by atoms with Crippen molar-refractivity contribution in [3.8, 4) is 16.9 Å². The van der Waals surface area contributed by atoms with E-state index >= 15 is 0 Å². The SMILES string of the molecule is COc1cc(CCc2ccc(-c3ccc(CN(C)C)cc3)c3nncn23)ccc1F. The second-order valence-corrected chi connectivity index (χ2v) is 7.67. The van der Waals surface area contributed by atoms with Crippen LogP contribution >= 0.6 is 0 Å². The van der Waals surface area contributed by atoms with Crippen LogP contribution in [0.5, 0.6) is 5.75 Å². The average molecular weight is 404 g/mol. The van der Waals surface area contributed by atoms with Gasteiger partial charge in [-0.2, -0.15) is 0 Å². The Balaban J connectivity index is 1.58. The first-order valence-corrected chi connectivity index (χ1v) is 9.93. The van der Waals surface area contributed by atoms with Gasteiger partial charge in [-0.3, -0.25) is 4.40 Å². The number of aryl methyl sites for hydroxylation is 2. The lowest BCUT2D eigenvalue weighted by molar-refractivity contribution is 0.386. The molecule has 4 aromatic rings. The number of benzene rings is 2. The molecule has 0 aliphatic carbocycles. The third-order valence-corrected chi connectivity index (χ3v) is 5.19. The van der Waals surface area contributed by atoms with E-state index in [1.165, 1.54) is 18.7 Å². The van der Waals surface area contributed by atoms with Crippen LogP contribution in [0, 0.1) is 5.82 Å². The Kier molecular flexibility index (Phi) is 5.77.